The Kier molecular flexibility index (Phi) is 4.52. The SMILES string of the molecule is C=CCN(c1cccc(F)c1[C@H](C)O)C(C)(C)C. The van der Waals surface area contributed by atoms with Gasteiger partial charge in [-0.15, -0.1) is 6.58 Å². The number of anilines is 1. The quantitative estimate of drug-likeness (QED) is 0.825. The normalized spacial score (nSPS) is 13.2. The van der Waals surface area contributed by atoms with Crippen LogP contribution in [-0.2, 0) is 0 Å². The van der Waals surface area contributed by atoms with Crippen LogP contribution < -0.4 is 4.90 Å². The van der Waals surface area contributed by atoms with Crippen LogP contribution in [0.3, 0.4) is 0 Å². The summed E-state index contributed by atoms with van der Waals surface area (Å²) < 4.78 is 13.9. The van der Waals surface area contributed by atoms with Gasteiger partial charge in [0, 0.05) is 23.3 Å². The van der Waals surface area contributed by atoms with Crippen LogP contribution in [0.1, 0.15) is 39.4 Å². The van der Waals surface area contributed by atoms with Crippen molar-refractivity contribution in [3.05, 3.63) is 42.2 Å². The number of hydrogen-bond donors (Lipinski definition) is 1. The van der Waals surface area contributed by atoms with Gasteiger partial charge in [0.05, 0.1) is 6.10 Å². The van der Waals surface area contributed by atoms with Crippen molar-refractivity contribution >= 4 is 5.69 Å². The lowest BCUT2D eigenvalue weighted by molar-refractivity contribution is 0.194. The van der Waals surface area contributed by atoms with Crippen LogP contribution in [0.25, 0.3) is 0 Å². The molecule has 1 N–H and O–H groups in total. The first kappa shape index (κ1) is 14.7. The molecule has 1 atom stereocenters. The van der Waals surface area contributed by atoms with E-state index in [-0.39, 0.29) is 11.4 Å². The third-order valence-electron chi connectivity index (χ3n) is 2.86. The minimum atomic E-state index is -0.837. The maximum atomic E-state index is 13.9. The van der Waals surface area contributed by atoms with Gasteiger partial charge in [0.15, 0.2) is 0 Å². The molecule has 18 heavy (non-hydrogen) atoms. The van der Waals surface area contributed by atoms with Crippen molar-refractivity contribution in [1.29, 1.82) is 0 Å². The Labute approximate surface area is 109 Å². The molecule has 0 unspecified atom stereocenters. The van der Waals surface area contributed by atoms with Gasteiger partial charge in [-0.1, -0.05) is 12.1 Å². The molecule has 0 aliphatic heterocycles. The Bertz CT molecular complexity index is 421. The molecule has 1 aromatic carbocycles. The molecule has 100 valence electrons. The maximum Gasteiger partial charge on any atom is 0.131 e. The van der Waals surface area contributed by atoms with E-state index in [9.17, 15) is 9.50 Å². The topological polar surface area (TPSA) is 23.5 Å². The molecule has 3 heteroatoms. The Balaban J connectivity index is 3.36. The molecular formula is C15H22FNO. The Morgan fingerprint density at radius 3 is 2.50 bits per heavy atom. The predicted molar refractivity (Wildman–Crippen MR) is 74.3 cm³/mol. The van der Waals surface area contributed by atoms with E-state index in [1.54, 1.807) is 19.1 Å². The van der Waals surface area contributed by atoms with E-state index in [1.165, 1.54) is 6.07 Å². The van der Waals surface area contributed by atoms with Crippen molar-refractivity contribution in [3.63, 3.8) is 0 Å². The number of benzene rings is 1. The summed E-state index contributed by atoms with van der Waals surface area (Å²) in [6, 6.07) is 4.87. The molecule has 0 amide bonds. The summed E-state index contributed by atoms with van der Waals surface area (Å²) in [5, 5.41) is 9.78. The van der Waals surface area contributed by atoms with Crippen LogP contribution in [0.2, 0.25) is 0 Å². The van der Waals surface area contributed by atoms with Gasteiger partial charge < -0.3 is 10.0 Å². The highest BCUT2D eigenvalue weighted by Gasteiger charge is 2.25. The van der Waals surface area contributed by atoms with Gasteiger partial charge in [0.25, 0.3) is 0 Å². The summed E-state index contributed by atoms with van der Waals surface area (Å²) in [4.78, 5) is 2.03. The van der Waals surface area contributed by atoms with E-state index in [2.05, 4.69) is 6.58 Å². The number of rotatable bonds is 4. The summed E-state index contributed by atoms with van der Waals surface area (Å²) in [5.41, 5.74) is 0.887. The third kappa shape index (κ3) is 3.10. The highest BCUT2D eigenvalue weighted by molar-refractivity contribution is 5.57. The van der Waals surface area contributed by atoms with Crippen LogP contribution in [-0.4, -0.2) is 17.2 Å². The number of hydrogen-bond acceptors (Lipinski definition) is 2. The van der Waals surface area contributed by atoms with Gasteiger partial charge in [-0.25, -0.2) is 4.39 Å². The lowest BCUT2D eigenvalue weighted by Crippen LogP contribution is -2.42. The second kappa shape index (κ2) is 5.53. The fourth-order valence-corrected chi connectivity index (χ4v) is 2.04. The van der Waals surface area contributed by atoms with E-state index in [4.69, 9.17) is 0 Å². The van der Waals surface area contributed by atoms with E-state index < -0.39 is 6.10 Å². The lowest BCUT2D eigenvalue weighted by Gasteiger charge is -2.38. The molecule has 1 aromatic rings. The lowest BCUT2D eigenvalue weighted by atomic mass is 10.00. The molecular weight excluding hydrogens is 229 g/mol. The smallest absolute Gasteiger partial charge is 0.131 e. The summed E-state index contributed by atoms with van der Waals surface area (Å²) in [6.07, 6.45) is 0.943. The molecule has 0 aliphatic carbocycles. The van der Waals surface area contributed by atoms with E-state index in [0.29, 0.717) is 12.1 Å². The van der Waals surface area contributed by atoms with Gasteiger partial charge >= 0.3 is 0 Å². The van der Waals surface area contributed by atoms with E-state index in [0.717, 1.165) is 5.69 Å². The monoisotopic (exact) mass is 251 g/mol. The molecule has 0 fully saturated rings. The predicted octanol–water partition coefficient (Wildman–Crippen LogP) is 3.67. The standard InChI is InChI=1S/C15H22FNO/c1-6-10-17(15(3,4)5)13-9-7-8-12(16)14(13)11(2)18/h6-9,11,18H,1,10H2,2-5H3/t11-/m0/s1. The molecule has 2 nitrogen and oxygen atoms in total. The Morgan fingerprint density at radius 1 is 1.44 bits per heavy atom. The van der Waals surface area contributed by atoms with Crippen molar-refractivity contribution in [2.75, 3.05) is 11.4 Å². The number of aliphatic hydroxyl groups is 1. The average molecular weight is 251 g/mol. The number of nitrogens with zero attached hydrogens (tertiary/aromatic N) is 1. The number of aliphatic hydroxyl groups excluding tert-OH is 1. The van der Waals surface area contributed by atoms with Crippen LogP contribution >= 0.6 is 0 Å². The Hall–Kier alpha value is -1.35. The fourth-order valence-electron chi connectivity index (χ4n) is 2.04. The zero-order valence-corrected chi connectivity index (χ0v) is 11.6. The first-order valence-electron chi connectivity index (χ1n) is 6.14. The van der Waals surface area contributed by atoms with Crippen LogP contribution in [0, 0.1) is 5.82 Å². The largest absolute Gasteiger partial charge is 0.389 e. The highest BCUT2D eigenvalue weighted by atomic mass is 19.1. The molecule has 0 heterocycles. The van der Waals surface area contributed by atoms with E-state index in [1.807, 2.05) is 31.7 Å². The van der Waals surface area contributed by atoms with Gasteiger partial charge in [-0.2, -0.15) is 0 Å². The third-order valence-corrected chi connectivity index (χ3v) is 2.86. The van der Waals surface area contributed by atoms with Gasteiger partial charge in [0.1, 0.15) is 5.82 Å². The van der Waals surface area contributed by atoms with Crippen molar-refractivity contribution in [1.82, 2.24) is 0 Å². The van der Waals surface area contributed by atoms with Crippen molar-refractivity contribution in [2.24, 2.45) is 0 Å². The summed E-state index contributed by atoms with van der Waals surface area (Å²) in [7, 11) is 0. The zero-order chi connectivity index (χ0) is 13.9. The molecule has 1 rings (SSSR count). The molecule has 0 spiro atoms. The highest BCUT2D eigenvalue weighted by Crippen LogP contribution is 2.32. The van der Waals surface area contributed by atoms with Gasteiger partial charge in [0.2, 0.25) is 0 Å². The summed E-state index contributed by atoms with van der Waals surface area (Å²) in [6.45, 7) is 12.1. The number of halogens is 1. The van der Waals surface area contributed by atoms with Crippen molar-refractivity contribution in [3.8, 4) is 0 Å². The molecule has 0 aliphatic rings. The minimum absolute atomic E-state index is 0.175. The van der Waals surface area contributed by atoms with Crippen molar-refractivity contribution < 1.29 is 9.50 Å². The van der Waals surface area contributed by atoms with Gasteiger partial charge in [-0.3, -0.25) is 0 Å². The maximum absolute atomic E-state index is 13.9. The van der Waals surface area contributed by atoms with Gasteiger partial charge in [-0.05, 0) is 39.8 Å². The molecule has 0 saturated heterocycles. The van der Waals surface area contributed by atoms with Crippen LogP contribution in [0.4, 0.5) is 10.1 Å². The summed E-state index contributed by atoms with van der Waals surface area (Å²) in [5.74, 6) is -0.374. The first-order chi connectivity index (χ1) is 8.29. The second-order valence-electron chi connectivity index (χ2n) is 5.42. The molecule has 0 bridgehead atoms. The molecule has 0 radical (unpaired) electrons. The molecule has 0 saturated carbocycles. The van der Waals surface area contributed by atoms with Crippen LogP contribution in [0.15, 0.2) is 30.9 Å². The minimum Gasteiger partial charge on any atom is -0.389 e. The summed E-state index contributed by atoms with van der Waals surface area (Å²) >= 11 is 0. The zero-order valence-electron chi connectivity index (χ0n) is 11.6. The van der Waals surface area contributed by atoms with E-state index >= 15 is 0 Å². The average Bonchev–Trinajstić information content (AvgIpc) is 2.23. The fraction of sp³-hybridized carbons (Fsp3) is 0.467. The van der Waals surface area contributed by atoms with Crippen LogP contribution in [0.5, 0.6) is 0 Å². The second-order valence-corrected chi connectivity index (χ2v) is 5.42. The molecule has 0 aromatic heterocycles. The first-order valence-corrected chi connectivity index (χ1v) is 6.14. The Morgan fingerprint density at radius 2 is 2.06 bits per heavy atom. The van der Waals surface area contributed by atoms with Crippen molar-refractivity contribution in [2.45, 2.75) is 39.3 Å².